The quantitative estimate of drug-likeness (QED) is 0.903. The molecule has 2 aromatic carbocycles. The molecule has 2 rings (SSSR count). The molecule has 19 heavy (non-hydrogen) atoms. The van der Waals surface area contributed by atoms with Gasteiger partial charge in [-0.1, -0.05) is 48.0 Å². The lowest BCUT2D eigenvalue weighted by atomic mass is 9.97. The molecule has 0 saturated carbocycles. The van der Waals surface area contributed by atoms with Gasteiger partial charge in [0, 0.05) is 6.04 Å². The maximum Gasteiger partial charge on any atom is 0.141 e. The van der Waals surface area contributed by atoms with Crippen LogP contribution in [0.4, 0.5) is 4.39 Å². The average molecular weight is 280 g/mol. The Morgan fingerprint density at radius 2 is 1.84 bits per heavy atom. The lowest BCUT2D eigenvalue weighted by Gasteiger charge is -2.19. The molecule has 4 heteroatoms. The van der Waals surface area contributed by atoms with Gasteiger partial charge in [-0.15, -0.1) is 0 Å². The van der Waals surface area contributed by atoms with Crippen LogP contribution in [0.25, 0.3) is 0 Å². The number of aliphatic hydroxyl groups excluding tert-OH is 1. The molecular weight excluding hydrogens is 265 g/mol. The van der Waals surface area contributed by atoms with Gasteiger partial charge in [-0.05, 0) is 29.7 Å². The van der Waals surface area contributed by atoms with Crippen molar-refractivity contribution in [3.8, 4) is 0 Å². The molecular formula is C15H15ClFNO. The average Bonchev–Trinajstić information content (AvgIpc) is 2.42. The van der Waals surface area contributed by atoms with E-state index in [1.54, 1.807) is 0 Å². The maximum absolute atomic E-state index is 13.1. The molecule has 2 nitrogen and oxygen atoms in total. The highest BCUT2D eigenvalue weighted by Gasteiger charge is 2.18. The highest BCUT2D eigenvalue weighted by atomic mass is 35.5. The second-order valence-corrected chi connectivity index (χ2v) is 4.88. The molecule has 0 fully saturated rings. The van der Waals surface area contributed by atoms with Gasteiger partial charge in [0.25, 0.3) is 0 Å². The van der Waals surface area contributed by atoms with Crippen molar-refractivity contribution in [2.75, 3.05) is 0 Å². The minimum absolute atomic E-state index is 0.0107. The molecule has 0 spiro atoms. The van der Waals surface area contributed by atoms with Gasteiger partial charge in [0.15, 0.2) is 0 Å². The van der Waals surface area contributed by atoms with Crippen LogP contribution in [0.3, 0.4) is 0 Å². The highest BCUT2D eigenvalue weighted by Crippen LogP contribution is 2.23. The number of hydrogen-bond donors (Lipinski definition) is 2. The molecule has 0 aliphatic carbocycles. The van der Waals surface area contributed by atoms with Crippen molar-refractivity contribution >= 4 is 11.6 Å². The largest absolute Gasteiger partial charge is 0.387 e. The van der Waals surface area contributed by atoms with Crippen molar-refractivity contribution < 1.29 is 9.50 Å². The molecule has 0 aliphatic heterocycles. The molecule has 0 amide bonds. The third-order valence-electron chi connectivity index (χ3n) is 3.00. The van der Waals surface area contributed by atoms with Crippen molar-refractivity contribution in [3.05, 3.63) is 70.5 Å². The minimum Gasteiger partial charge on any atom is -0.387 e. The van der Waals surface area contributed by atoms with E-state index < -0.39 is 18.0 Å². The van der Waals surface area contributed by atoms with Crippen LogP contribution in [-0.4, -0.2) is 11.1 Å². The maximum atomic E-state index is 13.1. The molecule has 0 aliphatic rings. The molecule has 2 aromatic rings. The molecule has 0 radical (unpaired) electrons. The number of halogens is 2. The smallest absolute Gasteiger partial charge is 0.141 e. The number of rotatable bonds is 4. The van der Waals surface area contributed by atoms with E-state index in [1.807, 2.05) is 30.3 Å². The Morgan fingerprint density at radius 1 is 1.16 bits per heavy atom. The molecule has 0 bridgehead atoms. The molecule has 0 saturated heterocycles. The predicted octanol–water partition coefficient (Wildman–Crippen LogP) is 3.08. The second kappa shape index (κ2) is 6.15. The van der Waals surface area contributed by atoms with Crippen molar-refractivity contribution in [2.45, 2.75) is 18.6 Å². The summed E-state index contributed by atoms with van der Waals surface area (Å²) in [5.41, 5.74) is 7.55. The molecule has 0 heterocycles. The van der Waals surface area contributed by atoms with Crippen LogP contribution in [0.2, 0.25) is 5.02 Å². The highest BCUT2D eigenvalue weighted by molar-refractivity contribution is 6.30. The SMILES string of the molecule is NC(Cc1ccccc1)C(O)c1ccc(F)c(Cl)c1. The van der Waals surface area contributed by atoms with Gasteiger partial charge in [-0.3, -0.25) is 0 Å². The standard InChI is InChI=1S/C15H15ClFNO/c16-12-9-11(6-7-13(12)17)15(19)14(18)8-10-4-2-1-3-5-10/h1-7,9,14-15,19H,8,18H2. The van der Waals surface area contributed by atoms with E-state index in [9.17, 15) is 9.50 Å². The summed E-state index contributed by atoms with van der Waals surface area (Å²) in [6.07, 6.45) is -0.338. The van der Waals surface area contributed by atoms with Gasteiger partial charge < -0.3 is 10.8 Å². The number of hydrogen-bond acceptors (Lipinski definition) is 2. The van der Waals surface area contributed by atoms with Crippen molar-refractivity contribution in [1.82, 2.24) is 0 Å². The van der Waals surface area contributed by atoms with Crippen LogP contribution in [0.15, 0.2) is 48.5 Å². The fourth-order valence-corrected chi connectivity index (χ4v) is 2.13. The lowest BCUT2D eigenvalue weighted by Crippen LogP contribution is -2.30. The molecule has 2 unspecified atom stereocenters. The summed E-state index contributed by atoms with van der Waals surface area (Å²) in [5, 5.41) is 10.1. The van der Waals surface area contributed by atoms with Gasteiger partial charge >= 0.3 is 0 Å². The number of benzene rings is 2. The monoisotopic (exact) mass is 279 g/mol. The van der Waals surface area contributed by atoms with Crippen molar-refractivity contribution in [2.24, 2.45) is 5.73 Å². The zero-order chi connectivity index (χ0) is 13.8. The summed E-state index contributed by atoms with van der Waals surface area (Å²) in [4.78, 5) is 0. The summed E-state index contributed by atoms with van der Waals surface area (Å²) in [5.74, 6) is -0.505. The fourth-order valence-electron chi connectivity index (χ4n) is 1.94. The van der Waals surface area contributed by atoms with Gasteiger partial charge in [0.05, 0.1) is 11.1 Å². The Hall–Kier alpha value is -1.42. The molecule has 0 aromatic heterocycles. The van der Waals surface area contributed by atoms with E-state index in [0.717, 1.165) is 5.56 Å². The van der Waals surface area contributed by atoms with E-state index in [4.69, 9.17) is 17.3 Å². The molecule has 2 atom stereocenters. The molecule has 100 valence electrons. The first-order chi connectivity index (χ1) is 9.08. The van der Waals surface area contributed by atoms with Crippen LogP contribution in [0, 0.1) is 5.82 Å². The Morgan fingerprint density at radius 3 is 2.47 bits per heavy atom. The van der Waals surface area contributed by atoms with Crippen molar-refractivity contribution in [1.29, 1.82) is 0 Å². The van der Waals surface area contributed by atoms with Crippen molar-refractivity contribution in [3.63, 3.8) is 0 Å². The number of aliphatic hydroxyl groups is 1. The fraction of sp³-hybridized carbons (Fsp3) is 0.200. The van der Waals surface area contributed by atoms with Gasteiger partial charge in [-0.25, -0.2) is 4.39 Å². The Bertz CT molecular complexity index is 547. The Labute approximate surface area is 116 Å². The summed E-state index contributed by atoms with van der Waals surface area (Å²) in [6, 6.07) is 13.3. The van der Waals surface area contributed by atoms with Crippen LogP contribution < -0.4 is 5.73 Å². The number of nitrogens with two attached hydrogens (primary N) is 1. The third-order valence-corrected chi connectivity index (χ3v) is 3.29. The van der Waals surface area contributed by atoms with Gasteiger partial charge in [0.1, 0.15) is 5.82 Å². The van der Waals surface area contributed by atoms with E-state index >= 15 is 0 Å². The van der Waals surface area contributed by atoms with E-state index in [0.29, 0.717) is 12.0 Å². The van der Waals surface area contributed by atoms with Gasteiger partial charge in [0.2, 0.25) is 0 Å². The second-order valence-electron chi connectivity index (χ2n) is 4.47. The summed E-state index contributed by atoms with van der Waals surface area (Å²) >= 11 is 5.70. The topological polar surface area (TPSA) is 46.2 Å². The Balaban J connectivity index is 2.10. The van der Waals surface area contributed by atoms with Crippen LogP contribution in [0.5, 0.6) is 0 Å². The zero-order valence-electron chi connectivity index (χ0n) is 10.3. The zero-order valence-corrected chi connectivity index (χ0v) is 11.0. The van der Waals surface area contributed by atoms with Crippen LogP contribution in [-0.2, 0) is 6.42 Å². The summed E-state index contributed by atoms with van der Waals surface area (Å²) < 4.78 is 13.1. The summed E-state index contributed by atoms with van der Waals surface area (Å²) in [6.45, 7) is 0. The summed E-state index contributed by atoms with van der Waals surface area (Å²) in [7, 11) is 0. The predicted molar refractivity (Wildman–Crippen MR) is 74.5 cm³/mol. The normalized spacial score (nSPS) is 14.1. The van der Waals surface area contributed by atoms with E-state index in [2.05, 4.69) is 0 Å². The first-order valence-corrected chi connectivity index (χ1v) is 6.38. The van der Waals surface area contributed by atoms with E-state index in [-0.39, 0.29) is 5.02 Å². The van der Waals surface area contributed by atoms with E-state index in [1.165, 1.54) is 18.2 Å². The van der Waals surface area contributed by atoms with Crippen LogP contribution >= 0.6 is 11.6 Å². The lowest BCUT2D eigenvalue weighted by molar-refractivity contribution is 0.146. The Kier molecular flexibility index (Phi) is 4.53. The van der Waals surface area contributed by atoms with Gasteiger partial charge in [-0.2, -0.15) is 0 Å². The molecule has 3 N–H and O–H groups in total. The third kappa shape index (κ3) is 3.53. The minimum atomic E-state index is -0.877. The first-order valence-electron chi connectivity index (χ1n) is 6.00. The van der Waals surface area contributed by atoms with Crippen LogP contribution in [0.1, 0.15) is 17.2 Å². The first kappa shape index (κ1) is 14.0.